The van der Waals surface area contributed by atoms with Crippen molar-refractivity contribution in [2.45, 2.75) is 140 Å². The predicted molar refractivity (Wildman–Crippen MR) is 276 cm³/mol. The minimum Gasteiger partial charge on any atom is -0.870 e. The predicted octanol–water partition coefficient (Wildman–Crippen LogP) is 11.4. The molecule has 0 radical (unpaired) electrons. The van der Waals surface area contributed by atoms with Crippen LogP contribution in [0.25, 0.3) is 33.8 Å². The molecule has 2 aliphatic rings. The largest absolute Gasteiger partial charge is 0.870 e. The van der Waals surface area contributed by atoms with E-state index in [0.717, 1.165) is 56.9 Å². The van der Waals surface area contributed by atoms with Gasteiger partial charge in [-0.15, -0.1) is 0 Å². The summed E-state index contributed by atoms with van der Waals surface area (Å²) in [6.07, 6.45) is 2.58. The van der Waals surface area contributed by atoms with Gasteiger partial charge in [-0.1, -0.05) is 141 Å². The van der Waals surface area contributed by atoms with Crippen LogP contribution in [0.5, 0.6) is 0 Å². The van der Waals surface area contributed by atoms with Crippen LogP contribution in [0.2, 0.25) is 0 Å². The zero-order valence-corrected chi connectivity index (χ0v) is 47.1. The van der Waals surface area contributed by atoms with Crippen molar-refractivity contribution in [1.29, 1.82) is 0 Å². The number of carbonyl (C=O) groups is 1. The van der Waals surface area contributed by atoms with Gasteiger partial charge >= 0.3 is 12.9 Å². The molecular formula is C56H69BN8O4Zn. The van der Waals surface area contributed by atoms with Gasteiger partial charge in [0.15, 0.2) is 5.78 Å². The van der Waals surface area contributed by atoms with Crippen molar-refractivity contribution in [2.75, 3.05) is 0 Å². The number of rotatable bonds is 9. The van der Waals surface area contributed by atoms with Gasteiger partial charge in [0.25, 0.3) is 11.1 Å². The van der Waals surface area contributed by atoms with Crippen molar-refractivity contribution in [2.24, 2.45) is 5.41 Å². The average molecular weight is 994 g/mol. The molecule has 1 fully saturated rings. The maximum absolute atomic E-state index is 12.7. The van der Waals surface area contributed by atoms with Gasteiger partial charge in [-0.3, -0.25) is 4.79 Å². The maximum atomic E-state index is 12.7. The molecule has 0 unspecified atom stereocenters. The van der Waals surface area contributed by atoms with Gasteiger partial charge in [0.2, 0.25) is 0 Å². The van der Waals surface area contributed by atoms with Crippen molar-refractivity contribution in [1.82, 2.24) is 29.1 Å². The number of ketones is 1. The fourth-order valence-corrected chi connectivity index (χ4v) is 8.94. The minimum absolute atomic E-state index is 0. The van der Waals surface area contributed by atoms with Gasteiger partial charge in [0.05, 0.1) is 17.1 Å². The van der Waals surface area contributed by atoms with E-state index in [1.807, 2.05) is 20.8 Å². The van der Waals surface area contributed by atoms with Crippen molar-refractivity contribution >= 4 is 12.9 Å². The molecule has 0 spiro atoms. The second-order valence-electron chi connectivity index (χ2n) is 21.9. The van der Waals surface area contributed by atoms with Crippen LogP contribution in [0.15, 0.2) is 126 Å². The van der Waals surface area contributed by atoms with Crippen LogP contribution in [0.3, 0.4) is 0 Å². The summed E-state index contributed by atoms with van der Waals surface area (Å²) in [6.45, 7) is 31.9. The van der Waals surface area contributed by atoms with Crippen LogP contribution in [0.4, 0.5) is 0 Å². The molecule has 0 amide bonds. The molecule has 1 saturated heterocycles. The zero-order chi connectivity index (χ0) is 50.7. The molecular weight excluding hydrogens is 925 g/mol. The second-order valence-corrected chi connectivity index (χ2v) is 21.9. The fourth-order valence-electron chi connectivity index (χ4n) is 8.94. The van der Waals surface area contributed by atoms with E-state index in [-0.39, 0.29) is 30.9 Å². The van der Waals surface area contributed by atoms with E-state index in [2.05, 4.69) is 167 Å². The third-order valence-corrected chi connectivity index (χ3v) is 14.4. The molecule has 3 aromatic carbocycles. The van der Waals surface area contributed by atoms with Gasteiger partial charge < -0.3 is 18.9 Å². The van der Waals surface area contributed by atoms with E-state index >= 15 is 0 Å². The third-order valence-electron chi connectivity index (χ3n) is 14.4. The molecule has 0 atom stereocenters. The van der Waals surface area contributed by atoms with Crippen LogP contribution in [0, 0.1) is 36.0 Å². The molecule has 70 heavy (non-hydrogen) atoms. The third kappa shape index (κ3) is 10.1. The number of Topliss-reactive ketones (excluding diaryl/α,β-unsaturated/α-hetero) is 1. The molecule has 362 valence electrons. The summed E-state index contributed by atoms with van der Waals surface area (Å²) in [5, 5.41) is 27.8. The fraction of sp³-hybridized carbons (Fsp3) is 0.393. The Bertz CT molecular complexity index is 2790. The van der Waals surface area contributed by atoms with Crippen LogP contribution in [-0.2, 0) is 24.3 Å². The van der Waals surface area contributed by atoms with Gasteiger partial charge in [-0.05, 0) is 108 Å². The van der Waals surface area contributed by atoms with Gasteiger partial charge in [0, 0.05) is 79.3 Å². The summed E-state index contributed by atoms with van der Waals surface area (Å²) >= 11 is 0. The van der Waals surface area contributed by atoms with Crippen LogP contribution < -0.4 is 5.11 Å². The molecule has 8 rings (SSSR count). The second kappa shape index (κ2) is 19.9. The summed E-state index contributed by atoms with van der Waals surface area (Å²) in [7, 11) is -1.61. The number of hydrogen-bond donors (Lipinski definition) is 0. The van der Waals surface area contributed by atoms with E-state index in [9.17, 15) is 19.7 Å². The topological polar surface area (TPSA) is 134 Å². The summed E-state index contributed by atoms with van der Waals surface area (Å²) < 4.78 is 7.71. The van der Waals surface area contributed by atoms with E-state index in [1.54, 1.807) is 27.7 Å². The van der Waals surface area contributed by atoms with Crippen molar-refractivity contribution in [3.63, 3.8) is 0 Å². The van der Waals surface area contributed by atoms with E-state index < -0.39 is 35.2 Å². The summed E-state index contributed by atoms with van der Waals surface area (Å²) in [5.41, 5.74) is 11.4. The first-order chi connectivity index (χ1) is 32.2. The monoisotopic (exact) mass is 992 g/mol. The van der Waals surface area contributed by atoms with Crippen molar-refractivity contribution < 1.29 is 38.9 Å². The van der Waals surface area contributed by atoms with Crippen LogP contribution in [-0.4, -0.2) is 62.6 Å². The maximum Gasteiger partial charge on any atom is 0.545 e. The summed E-state index contributed by atoms with van der Waals surface area (Å²) in [5.74, 6) is 0.0398. The first kappa shape index (κ1) is 53.2. The number of hydrogen-bond acceptors (Lipinski definition) is 7. The number of aromatic nitrogens is 6. The van der Waals surface area contributed by atoms with Crippen molar-refractivity contribution in [3.05, 3.63) is 169 Å². The molecule has 14 heteroatoms. The number of aryl methyl sites for hydroxylation is 3. The van der Waals surface area contributed by atoms with Crippen LogP contribution >= 0.6 is 0 Å². The Balaban J connectivity index is 0.000000282. The molecule has 12 nitrogen and oxygen atoms in total. The van der Waals surface area contributed by atoms with E-state index in [4.69, 9.17) is 15.3 Å². The Labute approximate surface area is 427 Å². The zero-order valence-electron chi connectivity index (χ0n) is 44.2. The van der Waals surface area contributed by atoms with Gasteiger partial charge in [-0.2, -0.15) is 0 Å². The Hall–Kier alpha value is -6.13. The van der Waals surface area contributed by atoms with Gasteiger partial charge in [-0.25, -0.2) is 15.3 Å². The quantitative estimate of drug-likeness (QED) is 0.104. The van der Waals surface area contributed by atoms with Crippen LogP contribution in [0.1, 0.15) is 142 Å². The first-order valence-electron chi connectivity index (χ1n) is 24.2. The van der Waals surface area contributed by atoms with E-state index in [1.165, 1.54) is 22.8 Å². The standard InChI is InChI=1S/C39H46BN6.C17H23N2O4.Zn/c1-25(2)31-10-16-34(17-11-31)37-22-28(7)44(41-37)40(45-29(8)23-38(42-45)35-18-12-32(13-19-35)26(3)4)46-30(9)24-39(43-46)36-20-14-33(15-21-36)27(5)6;1-15(2,3)11-8-10(9-12(20)13(11)21)14-18(22)16(4,5)17(6,7)19(14)23;/h10-27,40H,1-9H3;8-9H,1-7H3;/q-1;+1;. The first-order valence-corrected chi connectivity index (χ1v) is 24.2. The Morgan fingerprint density at radius 1 is 0.557 bits per heavy atom. The Morgan fingerprint density at radius 2 is 0.857 bits per heavy atom. The Kier molecular flexibility index (Phi) is 15.2. The van der Waals surface area contributed by atoms with Crippen molar-refractivity contribution in [3.8, 4) is 33.8 Å². The number of allylic oxidation sites excluding steroid dienone is 4. The minimum atomic E-state index is -1.61. The molecule has 1 aliphatic carbocycles. The summed E-state index contributed by atoms with van der Waals surface area (Å²) in [6, 6.07) is 32.9. The number of benzene rings is 3. The molecule has 0 N–H and O–H groups in total. The molecule has 3 aromatic heterocycles. The number of carbonyl (C=O) groups excluding carboxylic acids is 1. The molecule has 1 aliphatic heterocycles. The smallest absolute Gasteiger partial charge is 0.545 e. The molecule has 0 bridgehead atoms. The summed E-state index contributed by atoms with van der Waals surface area (Å²) in [4.78, 5) is 37.4. The normalized spacial score (nSPS) is 15.7. The molecule has 4 heterocycles. The number of nitrogens with zero attached hydrogens (tertiary/aromatic N) is 8. The molecule has 0 saturated carbocycles. The average Bonchev–Trinajstić information content (AvgIpc) is 4.02. The van der Waals surface area contributed by atoms with E-state index in [0.29, 0.717) is 32.8 Å². The SMILES string of the molecule is CC(C)(C)C1=CC(=C2[N+](=O)C(C)(C)C(C)(C)[N+]2=O)C=C([O-])C1=O.Cc1cc(-c2ccc(C(C)C)cc2)nn1[BH-](n1nc(-c2ccc(C(C)C)cc2)cc1C)n1nc(-c2ccc(C(C)C)cc2)cc1C.[Zn]. The van der Waals surface area contributed by atoms with Gasteiger partial charge in [0.1, 0.15) is 15.1 Å². The Morgan fingerprint density at radius 3 is 1.13 bits per heavy atom. The number of nitroso groups, excluding NO2 is 2. The molecule has 6 aromatic rings.